The molecule has 0 aliphatic rings. The van der Waals surface area contributed by atoms with Crippen LogP contribution in [0.2, 0.25) is 0 Å². The molecule has 4 rings (SSSR count). The molecule has 0 amide bonds. The maximum absolute atomic E-state index is 12.7. The number of benzene rings is 2. The van der Waals surface area contributed by atoms with Gasteiger partial charge in [-0.25, -0.2) is 0 Å². The van der Waals surface area contributed by atoms with Crippen LogP contribution in [0.4, 0.5) is 0 Å². The molecule has 0 radical (unpaired) electrons. The van der Waals surface area contributed by atoms with E-state index in [9.17, 15) is 9.59 Å². The fourth-order valence-corrected chi connectivity index (χ4v) is 9.65. The molecular formula is C20H14N4O2Se2. The SMILES string of the molecule is O=C(c1ccccc1[Se][Se]c1ccccc1C(=O)n1ccnc1)n1ccnc1. The van der Waals surface area contributed by atoms with Crippen molar-refractivity contribution in [2.45, 2.75) is 0 Å². The first-order valence-electron chi connectivity index (χ1n) is 8.32. The Hall–Kier alpha value is -2.76. The van der Waals surface area contributed by atoms with Crippen LogP contribution < -0.4 is 8.92 Å². The van der Waals surface area contributed by atoms with Gasteiger partial charge in [-0.2, -0.15) is 0 Å². The van der Waals surface area contributed by atoms with E-state index in [0.717, 1.165) is 8.92 Å². The van der Waals surface area contributed by atoms with Gasteiger partial charge in [-0.3, -0.25) is 0 Å². The predicted molar refractivity (Wildman–Crippen MR) is 108 cm³/mol. The van der Waals surface area contributed by atoms with E-state index >= 15 is 0 Å². The molecule has 0 saturated heterocycles. The van der Waals surface area contributed by atoms with Gasteiger partial charge in [0.25, 0.3) is 0 Å². The number of hydrogen-bond acceptors (Lipinski definition) is 4. The third kappa shape index (κ3) is 3.91. The van der Waals surface area contributed by atoms with Crippen LogP contribution in [-0.4, -0.2) is 57.2 Å². The first-order chi connectivity index (χ1) is 13.7. The number of hydrogen-bond donors (Lipinski definition) is 0. The van der Waals surface area contributed by atoms with Crippen LogP contribution in [0.1, 0.15) is 20.7 Å². The third-order valence-electron chi connectivity index (χ3n) is 3.93. The van der Waals surface area contributed by atoms with E-state index in [0.29, 0.717) is 11.1 Å². The number of nitrogens with zero attached hydrogens (tertiary/aromatic N) is 4. The standard InChI is InChI=1S/C20H14N4O2Se2/c25-19(23-11-9-21-13-23)15-5-1-3-7-17(15)27-28-18-8-4-2-6-16(18)20(26)24-12-10-22-14-24/h1-14H. The van der Waals surface area contributed by atoms with Crippen molar-refractivity contribution < 1.29 is 9.59 Å². The van der Waals surface area contributed by atoms with Crippen molar-refractivity contribution >= 4 is 47.0 Å². The van der Waals surface area contributed by atoms with Gasteiger partial charge in [0.05, 0.1) is 0 Å². The van der Waals surface area contributed by atoms with Gasteiger partial charge in [0.1, 0.15) is 0 Å². The predicted octanol–water partition coefficient (Wildman–Crippen LogP) is 0.731. The number of imidazole rings is 2. The van der Waals surface area contributed by atoms with Crippen molar-refractivity contribution in [3.05, 3.63) is 97.1 Å². The Morgan fingerprint density at radius 2 is 1.11 bits per heavy atom. The first-order valence-corrected chi connectivity index (χ1v) is 14.4. The Kier molecular flexibility index (Phi) is 5.65. The van der Waals surface area contributed by atoms with Crippen molar-refractivity contribution in [3.8, 4) is 0 Å². The summed E-state index contributed by atoms with van der Waals surface area (Å²) in [6, 6.07) is 15.3. The molecule has 2 aromatic heterocycles. The molecule has 4 aromatic rings. The van der Waals surface area contributed by atoms with Crippen molar-refractivity contribution in [1.82, 2.24) is 19.1 Å². The summed E-state index contributed by atoms with van der Waals surface area (Å²) in [6.45, 7) is 0. The monoisotopic (exact) mass is 502 g/mol. The van der Waals surface area contributed by atoms with E-state index in [-0.39, 0.29) is 38.1 Å². The summed E-state index contributed by atoms with van der Waals surface area (Å²) in [6.07, 6.45) is 9.50. The summed E-state index contributed by atoms with van der Waals surface area (Å²) < 4.78 is 5.02. The minimum atomic E-state index is -0.0893. The van der Waals surface area contributed by atoms with Crippen LogP contribution >= 0.6 is 0 Å². The summed E-state index contributed by atoms with van der Waals surface area (Å²) in [5.74, 6) is -0.179. The molecule has 6 nitrogen and oxygen atoms in total. The second-order valence-electron chi connectivity index (χ2n) is 5.71. The Labute approximate surface area is 172 Å². The normalized spacial score (nSPS) is 10.7. The van der Waals surface area contributed by atoms with Crippen LogP contribution in [0.5, 0.6) is 0 Å². The molecular weight excluding hydrogens is 486 g/mol. The Morgan fingerprint density at radius 3 is 1.50 bits per heavy atom. The van der Waals surface area contributed by atoms with Crippen LogP contribution in [0.15, 0.2) is 86.0 Å². The van der Waals surface area contributed by atoms with Gasteiger partial charge in [-0.05, 0) is 0 Å². The van der Waals surface area contributed by atoms with Gasteiger partial charge in [0.2, 0.25) is 0 Å². The zero-order valence-electron chi connectivity index (χ0n) is 14.5. The molecule has 0 spiro atoms. The minimum absolute atomic E-state index is 0.0468. The fourth-order valence-electron chi connectivity index (χ4n) is 2.56. The van der Waals surface area contributed by atoms with Gasteiger partial charge < -0.3 is 0 Å². The molecule has 8 heteroatoms. The summed E-state index contributed by atoms with van der Waals surface area (Å²) in [5.41, 5.74) is 1.36. The number of carbonyl (C=O) groups excluding carboxylic acids is 2. The van der Waals surface area contributed by atoms with E-state index in [4.69, 9.17) is 0 Å². The molecule has 2 aromatic carbocycles. The molecule has 0 bridgehead atoms. The molecule has 0 unspecified atom stereocenters. The van der Waals surface area contributed by atoms with Crippen molar-refractivity contribution in [1.29, 1.82) is 0 Å². The zero-order chi connectivity index (χ0) is 19.3. The van der Waals surface area contributed by atoms with Gasteiger partial charge in [0, 0.05) is 0 Å². The molecule has 0 saturated carbocycles. The fraction of sp³-hybridized carbons (Fsp3) is 0. The topological polar surface area (TPSA) is 69.8 Å². The van der Waals surface area contributed by atoms with Crippen molar-refractivity contribution in [2.24, 2.45) is 0 Å². The molecule has 0 N–H and O–H groups in total. The van der Waals surface area contributed by atoms with Gasteiger partial charge in [-0.1, -0.05) is 0 Å². The van der Waals surface area contributed by atoms with E-state index in [1.165, 1.54) is 21.8 Å². The van der Waals surface area contributed by atoms with Gasteiger partial charge >= 0.3 is 173 Å². The molecule has 0 aliphatic heterocycles. The van der Waals surface area contributed by atoms with Gasteiger partial charge in [-0.15, -0.1) is 0 Å². The Balaban J connectivity index is 1.58. The Bertz CT molecular complexity index is 1020. The summed E-state index contributed by atoms with van der Waals surface area (Å²) >= 11 is 0.0936. The number of carbonyl (C=O) groups is 2. The number of aromatic nitrogens is 4. The summed E-state index contributed by atoms with van der Waals surface area (Å²) in [4.78, 5) is 33.4. The van der Waals surface area contributed by atoms with Crippen LogP contribution in [0.3, 0.4) is 0 Å². The molecule has 0 aliphatic carbocycles. The zero-order valence-corrected chi connectivity index (χ0v) is 17.9. The average Bonchev–Trinajstić information content (AvgIpc) is 3.46. The van der Waals surface area contributed by atoms with Crippen LogP contribution in [0.25, 0.3) is 0 Å². The van der Waals surface area contributed by atoms with E-state index < -0.39 is 0 Å². The molecule has 0 atom stereocenters. The van der Waals surface area contributed by atoms with E-state index in [1.54, 1.807) is 24.8 Å². The third-order valence-corrected chi connectivity index (χ3v) is 11.2. The van der Waals surface area contributed by atoms with Crippen molar-refractivity contribution in [2.75, 3.05) is 0 Å². The summed E-state index contributed by atoms with van der Waals surface area (Å²) in [5, 5.41) is 0. The number of rotatable bonds is 5. The second-order valence-corrected chi connectivity index (χ2v) is 11.9. The van der Waals surface area contributed by atoms with E-state index in [2.05, 4.69) is 9.97 Å². The second kappa shape index (κ2) is 8.50. The first kappa shape index (κ1) is 18.6. The molecule has 138 valence electrons. The molecule has 0 fully saturated rings. The van der Waals surface area contributed by atoms with Crippen molar-refractivity contribution in [3.63, 3.8) is 0 Å². The molecule has 2 heterocycles. The van der Waals surface area contributed by atoms with Crippen LogP contribution in [0, 0.1) is 0 Å². The maximum atomic E-state index is 12.7. The Morgan fingerprint density at radius 1 is 0.679 bits per heavy atom. The summed E-state index contributed by atoms with van der Waals surface area (Å²) in [7, 11) is 0. The van der Waals surface area contributed by atoms with E-state index in [1.807, 2.05) is 48.5 Å². The van der Waals surface area contributed by atoms with Crippen LogP contribution in [-0.2, 0) is 0 Å². The van der Waals surface area contributed by atoms with Gasteiger partial charge in [0.15, 0.2) is 0 Å². The average molecular weight is 500 g/mol. The molecule has 28 heavy (non-hydrogen) atoms. The quantitative estimate of drug-likeness (QED) is 0.379.